The second-order valence-electron chi connectivity index (χ2n) is 8.64. The van der Waals surface area contributed by atoms with Crippen LogP contribution in [0.25, 0.3) is 22.4 Å². The molecule has 2 amide bonds. The number of amides is 2. The van der Waals surface area contributed by atoms with Crippen molar-refractivity contribution < 1.29 is 18.5 Å². The molecule has 35 heavy (non-hydrogen) atoms. The number of halogens is 1. The van der Waals surface area contributed by atoms with Crippen molar-refractivity contribution in [3.05, 3.63) is 82.8 Å². The highest BCUT2D eigenvalue weighted by molar-refractivity contribution is 6.07. The van der Waals surface area contributed by atoms with Crippen LogP contribution in [0.2, 0.25) is 0 Å². The van der Waals surface area contributed by atoms with Gasteiger partial charge in [0.15, 0.2) is 0 Å². The number of hydrogen-bond donors (Lipinski definition) is 1. The highest BCUT2D eigenvalue weighted by atomic mass is 19.1. The van der Waals surface area contributed by atoms with E-state index in [0.29, 0.717) is 59.6 Å². The topological polar surface area (TPSA) is 106 Å². The van der Waals surface area contributed by atoms with Gasteiger partial charge in [-0.05, 0) is 55.0 Å². The minimum atomic E-state index is -0.445. The van der Waals surface area contributed by atoms with Crippen molar-refractivity contribution in [3.63, 3.8) is 0 Å². The van der Waals surface area contributed by atoms with Crippen LogP contribution in [0.3, 0.4) is 0 Å². The molecule has 1 aliphatic heterocycles. The molecule has 0 bridgehead atoms. The molecule has 2 aromatic carbocycles. The monoisotopic (exact) mass is 473 g/mol. The van der Waals surface area contributed by atoms with Crippen LogP contribution in [-0.2, 0) is 6.54 Å². The first-order valence-corrected chi connectivity index (χ1v) is 11.3. The Balaban J connectivity index is 1.33. The van der Waals surface area contributed by atoms with E-state index in [0.717, 1.165) is 12.1 Å². The Hall–Kier alpha value is -4.11. The molecule has 0 aliphatic carbocycles. The van der Waals surface area contributed by atoms with Gasteiger partial charge in [0.1, 0.15) is 5.82 Å². The van der Waals surface area contributed by atoms with Crippen molar-refractivity contribution in [1.29, 1.82) is 0 Å². The maximum Gasteiger partial charge on any atom is 0.259 e. The third-order valence-corrected chi connectivity index (χ3v) is 6.29. The lowest BCUT2D eigenvalue weighted by molar-refractivity contribution is 0.0630. The van der Waals surface area contributed by atoms with E-state index in [9.17, 15) is 14.0 Å². The summed E-state index contributed by atoms with van der Waals surface area (Å²) in [4.78, 5) is 33.4. The first-order chi connectivity index (χ1) is 16.9. The zero-order valence-corrected chi connectivity index (χ0v) is 19.2. The summed E-state index contributed by atoms with van der Waals surface area (Å²) in [5, 5.41) is 4.60. The number of nitrogens with two attached hydrogens (primary N) is 1. The van der Waals surface area contributed by atoms with Gasteiger partial charge < -0.3 is 15.2 Å². The van der Waals surface area contributed by atoms with Crippen LogP contribution in [0.1, 0.15) is 32.0 Å². The van der Waals surface area contributed by atoms with Crippen molar-refractivity contribution >= 4 is 22.9 Å². The van der Waals surface area contributed by atoms with Gasteiger partial charge in [0.05, 0.1) is 22.3 Å². The summed E-state index contributed by atoms with van der Waals surface area (Å²) >= 11 is 0. The zero-order chi connectivity index (χ0) is 24.5. The molecular weight excluding hydrogens is 449 g/mol. The second-order valence-corrected chi connectivity index (χ2v) is 8.64. The molecule has 5 rings (SSSR count). The molecule has 9 heteroatoms. The molecule has 0 spiro atoms. The van der Waals surface area contributed by atoms with E-state index in [1.54, 1.807) is 37.3 Å². The Kier molecular flexibility index (Phi) is 6.00. The predicted octanol–water partition coefficient (Wildman–Crippen LogP) is 3.39. The fraction of sp³-hybridized carbons (Fsp3) is 0.231. The van der Waals surface area contributed by atoms with Gasteiger partial charge in [-0.2, -0.15) is 0 Å². The van der Waals surface area contributed by atoms with Crippen LogP contribution in [-0.4, -0.2) is 57.9 Å². The minimum absolute atomic E-state index is 0.113. The third-order valence-electron chi connectivity index (χ3n) is 6.29. The predicted molar refractivity (Wildman–Crippen MR) is 128 cm³/mol. The third kappa shape index (κ3) is 4.63. The summed E-state index contributed by atoms with van der Waals surface area (Å²) in [6.07, 6.45) is 0. The summed E-state index contributed by atoms with van der Waals surface area (Å²) in [6.45, 7) is 5.07. The lowest BCUT2D eigenvalue weighted by Gasteiger charge is -2.35. The number of pyridine rings is 1. The number of piperazine rings is 1. The molecule has 8 nitrogen and oxygen atoms in total. The highest BCUT2D eigenvalue weighted by Gasteiger charge is 2.26. The molecule has 3 heterocycles. The fourth-order valence-corrected chi connectivity index (χ4v) is 4.34. The van der Waals surface area contributed by atoms with Crippen LogP contribution < -0.4 is 5.73 Å². The van der Waals surface area contributed by atoms with E-state index >= 15 is 0 Å². The number of carbonyl (C=O) groups excluding carboxylic acids is 2. The Bertz CT molecular complexity index is 1390. The van der Waals surface area contributed by atoms with Crippen molar-refractivity contribution in [2.75, 3.05) is 26.2 Å². The second kappa shape index (κ2) is 9.27. The molecule has 1 fully saturated rings. The number of nitrogens with zero attached hydrogens (tertiary/aromatic N) is 4. The molecule has 2 N–H and O–H groups in total. The van der Waals surface area contributed by atoms with Crippen LogP contribution in [0.15, 0.2) is 59.1 Å². The van der Waals surface area contributed by atoms with Crippen molar-refractivity contribution in [2.24, 2.45) is 5.73 Å². The molecule has 0 radical (unpaired) electrons. The molecule has 1 saturated heterocycles. The number of primary amides is 1. The number of rotatable bonds is 5. The van der Waals surface area contributed by atoms with Crippen molar-refractivity contribution in [2.45, 2.75) is 13.5 Å². The summed E-state index contributed by atoms with van der Waals surface area (Å²) in [5.74, 6) is -0.902. The van der Waals surface area contributed by atoms with Gasteiger partial charge in [-0.1, -0.05) is 17.3 Å². The van der Waals surface area contributed by atoms with E-state index < -0.39 is 5.91 Å². The molecule has 1 aliphatic rings. The average molecular weight is 474 g/mol. The average Bonchev–Trinajstić information content (AvgIpc) is 3.25. The smallest absolute Gasteiger partial charge is 0.259 e. The zero-order valence-electron chi connectivity index (χ0n) is 19.2. The normalized spacial score (nSPS) is 14.4. The Morgan fingerprint density at radius 1 is 1.03 bits per heavy atom. The van der Waals surface area contributed by atoms with Crippen LogP contribution in [0, 0.1) is 12.7 Å². The van der Waals surface area contributed by atoms with Gasteiger partial charge in [-0.25, -0.2) is 9.37 Å². The van der Waals surface area contributed by atoms with Gasteiger partial charge in [0, 0.05) is 43.9 Å². The van der Waals surface area contributed by atoms with Gasteiger partial charge in [0.25, 0.3) is 11.6 Å². The van der Waals surface area contributed by atoms with E-state index in [-0.39, 0.29) is 17.4 Å². The minimum Gasteiger partial charge on any atom is -0.366 e. The SMILES string of the molecule is Cc1noc2nc(-c3ccc(F)cc3)cc(C(=O)N3CCN(Cc4ccc(C(N)=O)cc4)CC3)c12. The molecule has 0 saturated carbocycles. The number of aromatic nitrogens is 2. The molecule has 0 atom stereocenters. The van der Waals surface area contributed by atoms with E-state index in [1.165, 1.54) is 12.1 Å². The Morgan fingerprint density at radius 3 is 2.37 bits per heavy atom. The van der Waals surface area contributed by atoms with Crippen molar-refractivity contribution in [1.82, 2.24) is 19.9 Å². The molecule has 4 aromatic rings. The Labute approximate surface area is 201 Å². The molecule has 0 unspecified atom stereocenters. The molecule has 178 valence electrons. The highest BCUT2D eigenvalue weighted by Crippen LogP contribution is 2.28. The van der Waals surface area contributed by atoms with Gasteiger partial charge in [-0.3, -0.25) is 14.5 Å². The maximum atomic E-state index is 13.6. The number of aryl methyl sites for hydroxylation is 1. The van der Waals surface area contributed by atoms with Crippen LogP contribution >= 0.6 is 0 Å². The molecular formula is C26H24FN5O3. The van der Waals surface area contributed by atoms with E-state index in [2.05, 4.69) is 15.0 Å². The first-order valence-electron chi connectivity index (χ1n) is 11.3. The van der Waals surface area contributed by atoms with Gasteiger partial charge >= 0.3 is 0 Å². The number of fused-ring (bicyclic) bond motifs is 1. The summed E-state index contributed by atoms with van der Waals surface area (Å²) < 4.78 is 18.8. The quantitative estimate of drug-likeness (QED) is 0.476. The maximum absolute atomic E-state index is 13.6. The summed E-state index contributed by atoms with van der Waals surface area (Å²) in [7, 11) is 0. The lowest BCUT2D eigenvalue weighted by atomic mass is 10.0. The summed E-state index contributed by atoms with van der Waals surface area (Å²) in [6, 6.07) is 14.9. The lowest BCUT2D eigenvalue weighted by Crippen LogP contribution is -2.48. The number of hydrogen-bond acceptors (Lipinski definition) is 6. The van der Waals surface area contributed by atoms with Crippen LogP contribution in [0.5, 0.6) is 0 Å². The van der Waals surface area contributed by atoms with E-state index in [1.807, 2.05) is 17.0 Å². The standard InChI is InChI=1S/C26H24FN5O3/c1-16-23-21(14-22(29-25(23)35-30-16)18-6-8-20(27)9-7-18)26(34)32-12-10-31(11-13-32)15-17-2-4-19(5-3-17)24(28)33/h2-9,14H,10-13,15H2,1H3,(H2,28,33). The molecule has 2 aromatic heterocycles. The Morgan fingerprint density at radius 2 is 1.71 bits per heavy atom. The van der Waals surface area contributed by atoms with Crippen molar-refractivity contribution in [3.8, 4) is 11.3 Å². The number of carbonyl (C=O) groups is 2. The number of benzene rings is 2. The largest absolute Gasteiger partial charge is 0.366 e. The van der Waals surface area contributed by atoms with Crippen LogP contribution in [0.4, 0.5) is 4.39 Å². The van der Waals surface area contributed by atoms with Gasteiger partial charge in [0.2, 0.25) is 5.91 Å². The van der Waals surface area contributed by atoms with Gasteiger partial charge in [-0.15, -0.1) is 0 Å². The van der Waals surface area contributed by atoms with E-state index in [4.69, 9.17) is 10.3 Å². The first kappa shape index (κ1) is 22.7. The summed E-state index contributed by atoms with van der Waals surface area (Å²) in [5.41, 5.74) is 9.43. The fourth-order valence-electron chi connectivity index (χ4n) is 4.34.